The number of rotatable bonds is 7. The van der Waals surface area contributed by atoms with Crippen molar-refractivity contribution in [3.05, 3.63) is 70.2 Å². The first kappa shape index (κ1) is 30.0. The summed E-state index contributed by atoms with van der Waals surface area (Å²) in [7, 11) is 1.30. The minimum atomic E-state index is -1.34. The molecule has 4 heterocycles. The molecule has 0 bridgehead atoms. The number of aromatic nitrogens is 1. The molecule has 1 fully saturated rings. The molecule has 1 saturated heterocycles. The van der Waals surface area contributed by atoms with Crippen LogP contribution in [0.15, 0.2) is 70.3 Å². The van der Waals surface area contributed by atoms with Gasteiger partial charge in [-0.1, -0.05) is 65.5 Å². The molecule has 6 rings (SSSR count). The number of benzene rings is 2. The van der Waals surface area contributed by atoms with Crippen LogP contribution in [-0.2, 0) is 14.4 Å². The van der Waals surface area contributed by atoms with E-state index in [9.17, 15) is 14.7 Å². The van der Waals surface area contributed by atoms with E-state index in [-0.39, 0.29) is 41.0 Å². The number of nitrogens with zero attached hydrogens (tertiary/aromatic N) is 3. The van der Waals surface area contributed by atoms with Gasteiger partial charge in [0, 0.05) is 28.5 Å². The van der Waals surface area contributed by atoms with Crippen molar-refractivity contribution in [1.29, 1.82) is 0 Å². The van der Waals surface area contributed by atoms with Gasteiger partial charge in [0.1, 0.15) is 23.5 Å². The molecular formula is C26H21N6NaO4S4. The molecule has 0 radical (unpaired) electrons. The minimum absolute atomic E-state index is 0. The SMILES string of the molecule is CON=C(C(=O)N[C@@H]1C(=O)N2C(C([O-])=S)=C(c3nc(-c4ccc5ccccc5c4)cs3)CS[C@H]12)C1(N)NC=CS1.[Na+]. The zero-order valence-electron chi connectivity index (χ0n) is 21.8. The van der Waals surface area contributed by atoms with Crippen molar-refractivity contribution < 1.29 is 49.1 Å². The number of amides is 2. The van der Waals surface area contributed by atoms with Crippen molar-refractivity contribution in [1.82, 2.24) is 20.5 Å². The number of hydrogen-bond donors (Lipinski definition) is 3. The Morgan fingerprint density at radius 1 is 1.32 bits per heavy atom. The second kappa shape index (κ2) is 12.1. The molecule has 2 aromatic carbocycles. The third kappa shape index (κ3) is 5.43. The van der Waals surface area contributed by atoms with E-state index < -0.39 is 33.3 Å². The van der Waals surface area contributed by atoms with Gasteiger partial charge in [0.15, 0.2) is 10.7 Å². The first-order chi connectivity index (χ1) is 19.3. The maximum atomic E-state index is 13.3. The van der Waals surface area contributed by atoms with E-state index in [4.69, 9.17) is 27.8 Å². The maximum Gasteiger partial charge on any atom is 1.00 e. The number of nitrogens with two attached hydrogens (primary N) is 1. The smallest absolute Gasteiger partial charge is 0.863 e. The molecule has 1 aromatic heterocycles. The van der Waals surface area contributed by atoms with E-state index in [1.165, 1.54) is 35.1 Å². The normalized spacial score (nSPS) is 23.4. The Kier molecular flexibility index (Phi) is 8.83. The molecule has 3 aliphatic rings. The zero-order chi connectivity index (χ0) is 28.0. The maximum absolute atomic E-state index is 13.3. The van der Waals surface area contributed by atoms with Crippen LogP contribution in [0.5, 0.6) is 0 Å². The number of hydrogen-bond acceptors (Lipinski definition) is 12. The fourth-order valence-corrected chi connectivity index (χ4v) is 7.96. The fourth-order valence-electron chi connectivity index (χ4n) is 4.70. The first-order valence-electron chi connectivity index (χ1n) is 12.0. The van der Waals surface area contributed by atoms with Crippen LogP contribution >= 0.6 is 47.1 Å². The minimum Gasteiger partial charge on any atom is -0.863 e. The van der Waals surface area contributed by atoms with Crippen LogP contribution in [0.3, 0.4) is 0 Å². The summed E-state index contributed by atoms with van der Waals surface area (Å²) < 4.78 is 0. The number of thiocarbonyl (C=S) groups is 1. The Hall–Kier alpha value is -2.43. The Morgan fingerprint density at radius 2 is 2.10 bits per heavy atom. The molecule has 41 heavy (non-hydrogen) atoms. The van der Waals surface area contributed by atoms with Gasteiger partial charge < -0.3 is 20.6 Å². The topological polar surface area (TPSA) is 145 Å². The van der Waals surface area contributed by atoms with Gasteiger partial charge in [-0.2, -0.15) is 0 Å². The zero-order valence-corrected chi connectivity index (χ0v) is 27.1. The van der Waals surface area contributed by atoms with E-state index >= 15 is 0 Å². The van der Waals surface area contributed by atoms with Crippen LogP contribution < -0.4 is 51.0 Å². The van der Waals surface area contributed by atoms with Gasteiger partial charge in [-0.25, -0.2) is 4.98 Å². The van der Waals surface area contributed by atoms with E-state index in [1.807, 2.05) is 41.8 Å². The van der Waals surface area contributed by atoms with Crippen molar-refractivity contribution in [2.45, 2.75) is 16.4 Å². The van der Waals surface area contributed by atoms with Crippen molar-refractivity contribution in [2.75, 3.05) is 12.9 Å². The number of carbonyl (C=O) groups excluding carboxylic acids is 2. The summed E-state index contributed by atoms with van der Waals surface area (Å²) in [6, 6.07) is 13.3. The molecule has 4 N–H and O–H groups in total. The van der Waals surface area contributed by atoms with Crippen molar-refractivity contribution in [2.24, 2.45) is 10.9 Å². The summed E-state index contributed by atoms with van der Waals surface area (Å²) in [4.78, 5) is 36.0. The summed E-state index contributed by atoms with van der Waals surface area (Å²) in [5, 5.41) is 27.3. The van der Waals surface area contributed by atoms with Crippen LogP contribution in [0.25, 0.3) is 27.6 Å². The van der Waals surface area contributed by atoms with E-state index in [1.54, 1.807) is 11.6 Å². The molecule has 3 aliphatic heterocycles. The molecule has 0 saturated carbocycles. The van der Waals surface area contributed by atoms with Gasteiger partial charge in [-0.05, 0) is 27.3 Å². The van der Waals surface area contributed by atoms with Crippen LogP contribution in [0, 0.1) is 0 Å². The fraction of sp³-hybridized carbons (Fsp3) is 0.192. The molecule has 204 valence electrons. The third-order valence-electron chi connectivity index (χ3n) is 6.63. The Labute approximate surface area is 275 Å². The van der Waals surface area contributed by atoms with Crippen molar-refractivity contribution in [3.63, 3.8) is 0 Å². The number of β-lactam (4-membered cyclic amide) rings is 1. The number of thiazole rings is 1. The summed E-state index contributed by atoms with van der Waals surface area (Å²) in [6.45, 7) is 0. The van der Waals surface area contributed by atoms with E-state index in [2.05, 4.69) is 21.9 Å². The average molecular weight is 633 g/mol. The van der Waals surface area contributed by atoms with E-state index in [0.717, 1.165) is 33.8 Å². The van der Waals surface area contributed by atoms with Gasteiger partial charge in [0.25, 0.3) is 11.8 Å². The van der Waals surface area contributed by atoms with E-state index in [0.29, 0.717) is 16.3 Å². The summed E-state index contributed by atoms with van der Waals surface area (Å²) in [5.41, 5.74) is 8.59. The number of carbonyl (C=O) groups is 2. The first-order valence-corrected chi connectivity index (χ1v) is 15.2. The second-order valence-corrected chi connectivity index (χ2v) is 12.5. The summed E-state index contributed by atoms with van der Waals surface area (Å²) >= 11 is 9.01. The molecule has 2 amide bonds. The molecule has 1 unspecified atom stereocenters. The molecule has 10 nitrogen and oxygen atoms in total. The molecule has 0 spiro atoms. The van der Waals surface area contributed by atoms with Gasteiger partial charge >= 0.3 is 29.6 Å². The molecule has 3 atom stereocenters. The molecule has 15 heteroatoms. The Bertz CT molecular complexity index is 1650. The Morgan fingerprint density at radius 3 is 2.80 bits per heavy atom. The summed E-state index contributed by atoms with van der Waals surface area (Å²) in [6.07, 6.45) is 1.59. The molecular weight excluding hydrogens is 612 g/mol. The molecule has 3 aromatic rings. The number of fused-ring (bicyclic) bond motifs is 2. The number of thioether (sulfide) groups is 2. The number of nitrogens with one attached hydrogen (secondary N) is 2. The van der Waals surface area contributed by atoms with Crippen molar-refractivity contribution in [3.8, 4) is 11.3 Å². The van der Waals surface area contributed by atoms with Crippen LogP contribution in [-0.4, -0.2) is 61.7 Å². The van der Waals surface area contributed by atoms with Crippen LogP contribution in [0.4, 0.5) is 0 Å². The van der Waals surface area contributed by atoms with Crippen molar-refractivity contribution >= 4 is 86.0 Å². The second-order valence-electron chi connectivity index (χ2n) is 9.00. The summed E-state index contributed by atoms with van der Waals surface area (Å²) in [5.74, 6) is -0.715. The predicted octanol–water partition coefficient (Wildman–Crippen LogP) is -0.811. The van der Waals surface area contributed by atoms with Gasteiger partial charge in [-0.3, -0.25) is 20.2 Å². The van der Waals surface area contributed by atoms with Crippen LogP contribution in [0.1, 0.15) is 5.01 Å². The monoisotopic (exact) mass is 632 g/mol. The quantitative estimate of drug-likeness (QED) is 0.0995. The Balaban J connectivity index is 0.00000337. The predicted molar refractivity (Wildman–Crippen MR) is 161 cm³/mol. The number of oxime groups is 1. The van der Waals surface area contributed by atoms with Gasteiger partial charge in [0.2, 0.25) is 0 Å². The standard InChI is InChI=1S/C26H22N6O4S4.Na/c1-36-31-20(26(27)28-8-9-40-26)21(33)30-18-23(34)32-19(25(35)37)16(11-39-24(18)32)22-29-17(12-38-22)15-7-6-13-4-2-3-5-14(13)10-15;/h2-10,12,18,24,28H,11,27H2,1H3,(H,30,33)(H,35,37);/q;+1/p-1/t18-,24-,26?;/m1./s1. The third-order valence-corrected chi connectivity index (χ3v) is 9.96. The largest absolute Gasteiger partial charge is 1.00 e. The van der Waals surface area contributed by atoms with Gasteiger partial charge in [-0.15, -0.1) is 23.1 Å². The average Bonchev–Trinajstić information content (AvgIpc) is 3.63. The van der Waals surface area contributed by atoms with Gasteiger partial charge in [0.05, 0.1) is 11.4 Å². The van der Waals surface area contributed by atoms with Crippen LogP contribution in [0.2, 0.25) is 0 Å². The molecule has 0 aliphatic carbocycles.